The summed E-state index contributed by atoms with van der Waals surface area (Å²) in [6, 6.07) is 20.7. The van der Waals surface area contributed by atoms with Gasteiger partial charge in [-0.25, -0.2) is 9.97 Å². The number of benzene rings is 3. The fourth-order valence-electron chi connectivity index (χ4n) is 4.42. The predicted octanol–water partition coefficient (Wildman–Crippen LogP) is 4.58. The van der Waals surface area contributed by atoms with E-state index in [1.165, 1.54) is 5.69 Å². The molecule has 0 atom stereocenters. The molecule has 7 heteroatoms. The number of ether oxygens (including phenoxy) is 1. The number of imidazole rings is 2. The zero-order valence-electron chi connectivity index (χ0n) is 18.6. The van der Waals surface area contributed by atoms with Gasteiger partial charge in [0.25, 0.3) is 0 Å². The Bertz CT molecular complexity index is 1410. The smallest absolute Gasteiger partial charge is 0.138 e. The standard InChI is InChI=1S/C26H26N6O/c1-2-33-20-7-3-17(4-8-20)25-28-21-9-5-18(15-23(21)30-25)26-29-22-10-6-19(16-24(22)31-26)32-13-11-27-12-14-32/h3-10,15-16,27H,2,11-14H2,1H3,(H,28,30)(H,29,31). The molecule has 0 radical (unpaired) electrons. The van der Waals surface area contributed by atoms with Gasteiger partial charge in [0.1, 0.15) is 17.4 Å². The molecule has 7 nitrogen and oxygen atoms in total. The van der Waals surface area contributed by atoms with Gasteiger partial charge >= 0.3 is 0 Å². The molecule has 0 aliphatic carbocycles. The summed E-state index contributed by atoms with van der Waals surface area (Å²) in [4.78, 5) is 19.0. The van der Waals surface area contributed by atoms with Gasteiger partial charge in [-0.2, -0.15) is 0 Å². The van der Waals surface area contributed by atoms with Gasteiger partial charge in [0.2, 0.25) is 0 Å². The van der Waals surface area contributed by atoms with E-state index in [-0.39, 0.29) is 0 Å². The minimum absolute atomic E-state index is 0.658. The molecule has 3 N–H and O–H groups in total. The number of anilines is 1. The van der Waals surface area contributed by atoms with Gasteiger partial charge in [0.15, 0.2) is 0 Å². The van der Waals surface area contributed by atoms with Crippen molar-refractivity contribution in [3.05, 3.63) is 60.7 Å². The van der Waals surface area contributed by atoms with Gasteiger partial charge in [-0.05, 0) is 67.6 Å². The maximum absolute atomic E-state index is 5.54. The summed E-state index contributed by atoms with van der Waals surface area (Å²) in [7, 11) is 0. The number of fused-ring (bicyclic) bond motifs is 2. The Hall–Kier alpha value is -3.84. The molecule has 6 rings (SSSR count). The lowest BCUT2D eigenvalue weighted by Crippen LogP contribution is -2.43. The van der Waals surface area contributed by atoms with E-state index in [2.05, 4.69) is 50.5 Å². The second-order valence-corrected chi connectivity index (χ2v) is 8.30. The van der Waals surface area contributed by atoms with Gasteiger partial charge in [-0.3, -0.25) is 0 Å². The van der Waals surface area contributed by atoms with Crippen molar-refractivity contribution in [2.24, 2.45) is 0 Å². The summed E-state index contributed by atoms with van der Waals surface area (Å²) in [5, 5.41) is 3.41. The van der Waals surface area contributed by atoms with Crippen molar-refractivity contribution in [1.29, 1.82) is 0 Å². The van der Waals surface area contributed by atoms with Gasteiger partial charge in [-0.1, -0.05) is 0 Å². The number of rotatable bonds is 5. The van der Waals surface area contributed by atoms with Gasteiger partial charge in [-0.15, -0.1) is 0 Å². The van der Waals surface area contributed by atoms with E-state index in [0.29, 0.717) is 6.61 Å². The number of nitrogens with zero attached hydrogens (tertiary/aromatic N) is 3. The molecule has 3 heterocycles. The second-order valence-electron chi connectivity index (χ2n) is 8.30. The summed E-state index contributed by atoms with van der Waals surface area (Å²) in [5.74, 6) is 2.57. The number of aromatic amines is 2. The fourth-order valence-corrected chi connectivity index (χ4v) is 4.42. The number of aromatic nitrogens is 4. The minimum atomic E-state index is 0.658. The van der Waals surface area contributed by atoms with Crippen molar-refractivity contribution in [1.82, 2.24) is 25.3 Å². The Kier molecular flexibility index (Phi) is 4.96. The highest BCUT2D eigenvalue weighted by atomic mass is 16.5. The lowest BCUT2D eigenvalue weighted by molar-refractivity contribution is 0.340. The minimum Gasteiger partial charge on any atom is -0.494 e. The average Bonchev–Trinajstić information content (AvgIpc) is 3.48. The average molecular weight is 439 g/mol. The van der Waals surface area contributed by atoms with Gasteiger partial charge in [0, 0.05) is 43.0 Å². The van der Waals surface area contributed by atoms with Crippen molar-refractivity contribution in [3.8, 4) is 28.5 Å². The van der Waals surface area contributed by atoms with Crippen LogP contribution in [0.3, 0.4) is 0 Å². The van der Waals surface area contributed by atoms with E-state index in [9.17, 15) is 0 Å². The molecule has 3 aromatic carbocycles. The molecular weight excluding hydrogens is 412 g/mol. The van der Waals surface area contributed by atoms with Crippen molar-refractivity contribution in [3.63, 3.8) is 0 Å². The summed E-state index contributed by atoms with van der Waals surface area (Å²) >= 11 is 0. The molecule has 1 aliphatic rings. The van der Waals surface area contributed by atoms with Crippen molar-refractivity contribution >= 4 is 27.8 Å². The number of piperazine rings is 1. The first-order valence-corrected chi connectivity index (χ1v) is 11.5. The Morgan fingerprint density at radius 1 is 0.788 bits per heavy atom. The quantitative estimate of drug-likeness (QED) is 0.374. The largest absolute Gasteiger partial charge is 0.494 e. The summed E-state index contributed by atoms with van der Waals surface area (Å²) < 4.78 is 5.54. The Morgan fingerprint density at radius 2 is 1.42 bits per heavy atom. The molecule has 0 bridgehead atoms. The van der Waals surface area contributed by atoms with E-state index in [1.54, 1.807) is 0 Å². The first-order valence-electron chi connectivity index (χ1n) is 11.5. The highest BCUT2D eigenvalue weighted by Crippen LogP contribution is 2.28. The molecular formula is C26H26N6O. The molecule has 2 aromatic heterocycles. The number of hydrogen-bond donors (Lipinski definition) is 3. The van der Waals surface area contributed by atoms with Crippen LogP contribution in [0.2, 0.25) is 0 Å². The van der Waals surface area contributed by atoms with Crippen LogP contribution in [0.4, 0.5) is 5.69 Å². The topological polar surface area (TPSA) is 81.9 Å². The molecule has 1 saturated heterocycles. The van der Waals surface area contributed by atoms with Crippen molar-refractivity contribution < 1.29 is 4.74 Å². The number of hydrogen-bond acceptors (Lipinski definition) is 5. The molecule has 33 heavy (non-hydrogen) atoms. The van der Waals surface area contributed by atoms with Crippen LogP contribution in [0.5, 0.6) is 5.75 Å². The van der Waals surface area contributed by atoms with Crippen molar-refractivity contribution in [2.75, 3.05) is 37.7 Å². The Labute approximate surface area is 191 Å². The maximum Gasteiger partial charge on any atom is 0.138 e. The van der Waals surface area contributed by atoms with E-state index >= 15 is 0 Å². The van der Waals surface area contributed by atoms with Crippen LogP contribution in [0.1, 0.15) is 6.92 Å². The highest BCUT2D eigenvalue weighted by Gasteiger charge is 2.13. The third-order valence-corrected chi connectivity index (χ3v) is 6.14. The van der Waals surface area contributed by atoms with Crippen LogP contribution in [-0.4, -0.2) is 52.7 Å². The van der Waals surface area contributed by atoms with E-state index in [4.69, 9.17) is 14.7 Å². The molecule has 0 unspecified atom stereocenters. The molecule has 166 valence electrons. The summed E-state index contributed by atoms with van der Waals surface area (Å²) in [6.07, 6.45) is 0. The highest BCUT2D eigenvalue weighted by molar-refractivity contribution is 5.87. The van der Waals surface area contributed by atoms with E-state index in [1.807, 2.05) is 37.3 Å². The number of nitrogens with one attached hydrogen (secondary N) is 3. The zero-order valence-corrected chi connectivity index (χ0v) is 18.6. The molecule has 5 aromatic rings. The van der Waals surface area contributed by atoms with Gasteiger partial charge < -0.3 is 24.9 Å². The molecule has 0 amide bonds. The van der Waals surface area contributed by atoms with Crippen LogP contribution in [0.25, 0.3) is 44.8 Å². The first-order chi connectivity index (χ1) is 16.3. The van der Waals surface area contributed by atoms with Crippen LogP contribution in [0.15, 0.2) is 60.7 Å². The van der Waals surface area contributed by atoms with Crippen molar-refractivity contribution in [2.45, 2.75) is 6.92 Å². The number of H-pyrrole nitrogens is 2. The van der Waals surface area contributed by atoms with Crippen LogP contribution in [-0.2, 0) is 0 Å². The third kappa shape index (κ3) is 3.81. The van der Waals surface area contributed by atoms with Crippen LogP contribution >= 0.6 is 0 Å². The normalized spacial score (nSPS) is 14.3. The maximum atomic E-state index is 5.54. The molecule has 0 spiro atoms. The Balaban J connectivity index is 1.30. The zero-order chi connectivity index (χ0) is 22.2. The molecule has 0 saturated carbocycles. The van der Waals surface area contributed by atoms with Crippen LogP contribution < -0.4 is 15.0 Å². The van der Waals surface area contributed by atoms with Gasteiger partial charge in [0.05, 0.1) is 28.7 Å². The fraction of sp³-hybridized carbons (Fsp3) is 0.231. The lowest BCUT2D eigenvalue weighted by atomic mass is 10.2. The van der Waals surface area contributed by atoms with E-state index < -0.39 is 0 Å². The summed E-state index contributed by atoms with van der Waals surface area (Å²) in [5.41, 5.74) is 7.25. The van der Waals surface area contributed by atoms with Crippen LogP contribution in [0, 0.1) is 0 Å². The third-order valence-electron chi connectivity index (χ3n) is 6.14. The lowest BCUT2D eigenvalue weighted by Gasteiger charge is -2.29. The monoisotopic (exact) mass is 438 g/mol. The summed E-state index contributed by atoms with van der Waals surface area (Å²) in [6.45, 7) is 6.74. The second kappa shape index (κ2) is 8.26. The van der Waals surface area contributed by atoms with E-state index in [0.717, 1.165) is 76.8 Å². The Morgan fingerprint density at radius 3 is 2.15 bits per heavy atom. The first kappa shape index (κ1) is 19.8. The molecule has 1 aliphatic heterocycles. The SMILES string of the molecule is CCOc1ccc(-c2nc3ccc(-c4nc5ccc(N6CCNCC6)cc5[nH]4)cc3[nH]2)cc1. The molecule has 1 fully saturated rings. The predicted molar refractivity (Wildman–Crippen MR) is 133 cm³/mol.